The third kappa shape index (κ3) is 3.73. The minimum absolute atomic E-state index is 0.0185. The maximum absolute atomic E-state index is 13.3. The predicted molar refractivity (Wildman–Crippen MR) is 123 cm³/mol. The number of aromatic nitrogens is 5. The van der Waals surface area contributed by atoms with Gasteiger partial charge in [0.1, 0.15) is 5.52 Å². The molecule has 0 saturated carbocycles. The van der Waals surface area contributed by atoms with Crippen molar-refractivity contribution in [1.29, 1.82) is 0 Å². The van der Waals surface area contributed by atoms with E-state index in [1.165, 1.54) is 30.1 Å². The highest BCUT2D eigenvalue weighted by Crippen LogP contribution is 2.31. The van der Waals surface area contributed by atoms with Gasteiger partial charge < -0.3 is 0 Å². The van der Waals surface area contributed by atoms with Crippen LogP contribution in [0, 0.1) is 0 Å². The molecule has 11 heteroatoms. The molecule has 0 unspecified atom stereocenters. The van der Waals surface area contributed by atoms with E-state index >= 15 is 0 Å². The van der Waals surface area contributed by atoms with Gasteiger partial charge in [-0.05, 0) is 48.7 Å². The number of fused-ring (bicyclic) bond motifs is 3. The van der Waals surface area contributed by atoms with E-state index in [0.717, 1.165) is 21.7 Å². The molecule has 1 N–H and O–H groups in total. The highest BCUT2D eigenvalue weighted by Gasteiger charge is 2.31. The van der Waals surface area contributed by atoms with Gasteiger partial charge in [-0.25, -0.2) is 14.8 Å². The largest absolute Gasteiger partial charge is 0.416 e. The van der Waals surface area contributed by atoms with Crippen LogP contribution in [-0.2, 0) is 6.18 Å². The summed E-state index contributed by atoms with van der Waals surface area (Å²) >= 11 is 1.48. The van der Waals surface area contributed by atoms with Crippen LogP contribution in [0.25, 0.3) is 38.9 Å². The van der Waals surface area contributed by atoms with Gasteiger partial charge in [-0.2, -0.15) is 13.2 Å². The number of rotatable bonds is 3. The van der Waals surface area contributed by atoms with Crippen LogP contribution in [0.5, 0.6) is 0 Å². The Morgan fingerprint density at radius 1 is 1.00 bits per heavy atom. The van der Waals surface area contributed by atoms with E-state index in [4.69, 9.17) is 0 Å². The lowest BCUT2D eigenvalue weighted by molar-refractivity contribution is -0.137. The molecule has 34 heavy (non-hydrogen) atoms. The number of hydrogen-bond donors (Lipinski definition) is 1. The van der Waals surface area contributed by atoms with Gasteiger partial charge in [0.15, 0.2) is 0 Å². The minimum atomic E-state index is -4.61. The van der Waals surface area contributed by atoms with E-state index in [0.29, 0.717) is 16.8 Å². The lowest BCUT2D eigenvalue weighted by Crippen LogP contribution is -2.29. The zero-order chi connectivity index (χ0) is 24.0. The van der Waals surface area contributed by atoms with E-state index in [1.54, 1.807) is 18.3 Å². The van der Waals surface area contributed by atoms with Gasteiger partial charge in [0, 0.05) is 18.0 Å². The molecule has 0 aliphatic rings. The summed E-state index contributed by atoms with van der Waals surface area (Å²) in [6.07, 6.45) is 0.211. The molecule has 5 rings (SSSR count). The molecule has 0 atom stereocenters. The van der Waals surface area contributed by atoms with Crippen LogP contribution in [0.4, 0.5) is 13.2 Å². The fraction of sp³-hybridized carbons (Fsp3) is 0.0870. The van der Waals surface area contributed by atoms with Gasteiger partial charge in [-0.3, -0.25) is 19.3 Å². The topological polar surface area (TPSA) is 93.5 Å². The lowest BCUT2D eigenvalue weighted by atomic mass is 10.1. The number of hydrogen-bond acceptors (Lipinski definition) is 6. The van der Waals surface area contributed by atoms with Crippen molar-refractivity contribution in [3.8, 4) is 16.9 Å². The molecule has 0 amide bonds. The molecule has 170 valence electrons. The number of halogens is 3. The van der Waals surface area contributed by atoms with Crippen molar-refractivity contribution in [1.82, 2.24) is 24.5 Å². The van der Waals surface area contributed by atoms with Crippen LogP contribution in [0.15, 0.2) is 75.5 Å². The Labute approximate surface area is 193 Å². The average Bonchev–Trinajstić information content (AvgIpc) is 2.83. The molecule has 4 heterocycles. The van der Waals surface area contributed by atoms with E-state index in [-0.39, 0.29) is 22.1 Å². The third-order valence-corrected chi connectivity index (χ3v) is 5.91. The summed E-state index contributed by atoms with van der Waals surface area (Å²) in [5, 5.41) is 0.839. The maximum atomic E-state index is 13.3. The Hall–Kier alpha value is -3.99. The van der Waals surface area contributed by atoms with E-state index in [1.807, 2.05) is 18.4 Å². The molecular formula is C23H14F3N5O2S. The Morgan fingerprint density at radius 2 is 1.82 bits per heavy atom. The number of nitrogens with zero attached hydrogens (tertiary/aromatic N) is 4. The molecule has 7 nitrogen and oxygen atoms in total. The van der Waals surface area contributed by atoms with Crippen LogP contribution in [0.3, 0.4) is 0 Å². The highest BCUT2D eigenvalue weighted by molar-refractivity contribution is 7.98. The second-order valence-electron chi connectivity index (χ2n) is 7.32. The molecule has 4 aromatic heterocycles. The SMILES string of the molecule is CSc1ccc(-c2ccc3ncc4c(=O)[nH]c(=O)n(-c5cccc(C(F)(F)F)c5)c4c3n2)cn1. The molecule has 0 bridgehead atoms. The minimum Gasteiger partial charge on any atom is -0.273 e. The summed E-state index contributed by atoms with van der Waals surface area (Å²) < 4.78 is 41.0. The maximum Gasteiger partial charge on any atom is 0.416 e. The molecule has 5 aromatic rings. The second kappa shape index (κ2) is 8.10. The van der Waals surface area contributed by atoms with Crippen molar-refractivity contribution in [3.05, 3.63) is 87.3 Å². The Kier molecular flexibility index (Phi) is 5.20. The molecule has 0 aliphatic heterocycles. The van der Waals surface area contributed by atoms with Crippen molar-refractivity contribution in [2.75, 3.05) is 6.26 Å². The van der Waals surface area contributed by atoms with Gasteiger partial charge in [-0.1, -0.05) is 6.07 Å². The Balaban J connectivity index is 1.85. The number of benzene rings is 1. The fourth-order valence-corrected chi connectivity index (χ4v) is 4.01. The molecule has 0 saturated heterocycles. The molecule has 0 aliphatic carbocycles. The summed E-state index contributed by atoms with van der Waals surface area (Å²) in [5.74, 6) is 0. The summed E-state index contributed by atoms with van der Waals surface area (Å²) in [5.41, 5.74) is -0.762. The van der Waals surface area contributed by atoms with Crippen molar-refractivity contribution in [2.45, 2.75) is 11.2 Å². The van der Waals surface area contributed by atoms with Crippen LogP contribution < -0.4 is 11.2 Å². The van der Waals surface area contributed by atoms with E-state index in [2.05, 4.69) is 19.9 Å². The quantitative estimate of drug-likeness (QED) is 0.303. The number of H-pyrrole nitrogens is 1. The first-order valence-corrected chi connectivity index (χ1v) is 11.1. The smallest absolute Gasteiger partial charge is 0.273 e. The molecule has 1 aromatic carbocycles. The number of pyridine rings is 3. The normalized spacial score (nSPS) is 11.9. The van der Waals surface area contributed by atoms with Gasteiger partial charge in [0.2, 0.25) is 0 Å². The lowest BCUT2D eigenvalue weighted by Gasteiger charge is -2.14. The van der Waals surface area contributed by atoms with Crippen LogP contribution in [0.2, 0.25) is 0 Å². The fourth-order valence-electron chi connectivity index (χ4n) is 3.65. The van der Waals surface area contributed by atoms with Crippen molar-refractivity contribution >= 4 is 33.7 Å². The molecule has 0 fully saturated rings. The Bertz CT molecular complexity index is 1680. The highest BCUT2D eigenvalue weighted by atomic mass is 32.2. The van der Waals surface area contributed by atoms with E-state index in [9.17, 15) is 22.8 Å². The van der Waals surface area contributed by atoms with Crippen LogP contribution in [0.1, 0.15) is 5.56 Å². The summed E-state index contributed by atoms with van der Waals surface area (Å²) in [7, 11) is 0. The number of thioether (sulfide) groups is 1. The molecular weight excluding hydrogens is 467 g/mol. The third-order valence-electron chi connectivity index (χ3n) is 5.25. The molecule has 0 spiro atoms. The first kappa shape index (κ1) is 21.8. The number of aromatic amines is 1. The number of nitrogens with one attached hydrogen (secondary N) is 1. The summed E-state index contributed by atoms with van der Waals surface area (Å²) in [6.45, 7) is 0. The average molecular weight is 481 g/mol. The first-order chi connectivity index (χ1) is 16.3. The van der Waals surface area contributed by atoms with Crippen molar-refractivity contribution in [2.24, 2.45) is 0 Å². The van der Waals surface area contributed by atoms with E-state index < -0.39 is 23.0 Å². The standard InChI is InChI=1S/C23H14F3N5O2S/c1-34-18-8-5-12(10-28-18)16-6-7-17-19(29-16)20-15(11-27-17)21(32)30-22(33)31(20)14-4-2-3-13(9-14)23(24,25)26/h2-11H,1H3,(H,30,32,33). The van der Waals surface area contributed by atoms with Gasteiger partial charge in [-0.15, -0.1) is 11.8 Å². The van der Waals surface area contributed by atoms with Crippen molar-refractivity contribution < 1.29 is 13.2 Å². The monoisotopic (exact) mass is 481 g/mol. The molecule has 0 radical (unpaired) electrons. The van der Waals surface area contributed by atoms with Gasteiger partial charge in [0.05, 0.1) is 38.4 Å². The summed E-state index contributed by atoms with van der Waals surface area (Å²) in [6, 6.07) is 11.4. The van der Waals surface area contributed by atoms with Crippen LogP contribution in [-0.4, -0.2) is 30.8 Å². The predicted octanol–water partition coefficient (Wildman–Crippen LogP) is 4.42. The second-order valence-corrected chi connectivity index (χ2v) is 8.14. The van der Waals surface area contributed by atoms with Crippen LogP contribution >= 0.6 is 11.8 Å². The number of alkyl halides is 3. The van der Waals surface area contributed by atoms with Gasteiger partial charge >= 0.3 is 11.9 Å². The zero-order valence-corrected chi connectivity index (χ0v) is 18.2. The Morgan fingerprint density at radius 3 is 2.53 bits per heavy atom. The van der Waals surface area contributed by atoms with Crippen molar-refractivity contribution in [3.63, 3.8) is 0 Å². The zero-order valence-electron chi connectivity index (χ0n) is 17.4. The summed E-state index contributed by atoms with van der Waals surface area (Å²) in [4.78, 5) is 40.8. The first-order valence-electron chi connectivity index (χ1n) is 9.89. The van der Waals surface area contributed by atoms with Gasteiger partial charge in [0.25, 0.3) is 5.56 Å².